The Hall–Kier alpha value is -0.830. The molecule has 0 aliphatic carbocycles. The molecule has 0 bridgehead atoms. The monoisotopic (exact) mass is 169 g/mol. The molecule has 68 valence electrons. The third-order valence-corrected chi connectivity index (χ3v) is 2.26. The molecule has 0 aromatic rings. The van der Waals surface area contributed by atoms with Gasteiger partial charge in [-0.2, -0.15) is 0 Å². The van der Waals surface area contributed by atoms with Crippen LogP contribution in [0.5, 0.6) is 0 Å². The SMILES string of the molecule is C=CCN1CCCC[C@@H]1C(=O)O. The third-order valence-electron chi connectivity index (χ3n) is 2.26. The number of carboxylic acid groups (broad SMARTS) is 1. The van der Waals surface area contributed by atoms with E-state index >= 15 is 0 Å². The Balaban J connectivity index is 2.53. The molecule has 0 saturated carbocycles. The second kappa shape index (κ2) is 4.26. The Morgan fingerprint density at radius 1 is 1.67 bits per heavy atom. The first-order valence-corrected chi connectivity index (χ1v) is 4.33. The number of likely N-dealkylation sites (tertiary alicyclic amines) is 1. The number of hydrogen-bond acceptors (Lipinski definition) is 2. The van der Waals surface area contributed by atoms with Crippen molar-refractivity contribution >= 4 is 5.97 Å². The summed E-state index contributed by atoms with van der Waals surface area (Å²) in [7, 11) is 0. The molecule has 0 spiro atoms. The molecule has 1 aliphatic heterocycles. The Labute approximate surface area is 72.7 Å². The molecule has 0 radical (unpaired) electrons. The lowest BCUT2D eigenvalue weighted by molar-refractivity contribution is -0.144. The molecule has 1 atom stereocenters. The van der Waals surface area contributed by atoms with Crippen molar-refractivity contribution in [2.75, 3.05) is 13.1 Å². The Morgan fingerprint density at radius 3 is 3.00 bits per heavy atom. The topological polar surface area (TPSA) is 40.5 Å². The Kier molecular flexibility index (Phi) is 3.29. The van der Waals surface area contributed by atoms with E-state index in [1.165, 1.54) is 0 Å². The van der Waals surface area contributed by atoms with Gasteiger partial charge >= 0.3 is 5.97 Å². The summed E-state index contributed by atoms with van der Waals surface area (Å²) >= 11 is 0. The van der Waals surface area contributed by atoms with Gasteiger partial charge in [-0.25, -0.2) is 0 Å². The van der Waals surface area contributed by atoms with Crippen LogP contribution in [0.2, 0.25) is 0 Å². The van der Waals surface area contributed by atoms with Gasteiger partial charge in [0, 0.05) is 6.54 Å². The van der Waals surface area contributed by atoms with Gasteiger partial charge < -0.3 is 5.11 Å². The highest BCUT2D eigenvalue weighted by Crippen LogP contribution is 2.16. The van der Waals surface area contributed by atoms with Crippen molar-refractivity contribution in [3.8, 4) is 0 Å². The average molecular weight is 169 g/mol. The van der Waals surface area contributed by atoms with Crippen molar-refractivity contribution in [3.05, 3.63) is 12.7 Å². The van der Waals surface area contributed by atoms with Gasteiger partial charge in [-0.15, -0.1) is 6.58 Å². The number of aliphatic carboxylic acids is 1. The van der Waals surface area contributed by atoms with Crippen molar-refractivity contribution in [1.82, 2.24) is 4.90 Å². The first kappa shape index (κ1) is 9.26. The summed E-state index contributed by atoms with van der Waals surface area (Å²) in [6.45, 7) is 5.20. The van der Waals surface area contributed by atoms with E-state index in [2.05, 4.69) is 6.58 Å². The lowest BCUT2D eigenvalue weighted by Gasteiger charge is -2.31. The first-order chi connectivity index (χ1) is 5.75. The maximum Gasteiger partial charge on any atom is 0.320 e. The third kappa shape index (κ3) is 2.08. The fourth-order valence-electron chi connectivity index (χ4n) is 1.66. The number of carbonyl (C=O) groups is 1. The van der Waals surface area contributed by atoms with Gasteiger partial charge in [-0.3, -0.25) is 9.69 Å². The van der Waals surface area contributed by atoms with Crippen LogP contribution < -0.4 is 0 Å². The standard InChI is InChI=1S/C9H15NO2/c1-2-6-10-7-4-3-5-8(10)9(11)12/h2,8H,1,3-7H2,(H,11,12)/t8-/m1/s1. The van der Waals surface area contributed by atoms with E-state index in [0.717, 1.165) is 25.8 Å². The molecule has 0 amide bonds. The molecule has 0 unspecified atom stereocenters. The van der Waals surface area contributed by atoms with Gasteiger partial charge in [0.15, 0.2) is 0 Å². The molecule has 1 fully saturated rings. The van der Waals surface area contributed by atoms with Crippen LogP contribution >= 0.6 is 0 Å². The normalized spacial score (nSPS) is 25.2. The van der Waals surface area contributed by atoms with Crippen LogP contribution in [0.15, 0.2) is 12.7 Å². The summed E-state index contributed by atoms with van der Waals surface area (Å²) in [5.41, 5.74) is 0. The number of piperidine rings is 1. The van der Waals surface area contributed by atoms with E-state index in [0.29, 0.717) is 6.54 Å². The lowest BCUT2D eigenvalue weighted by Crippen LogP contribution is -2.44. The predicted octanol–water partition coefficient (Wildman–Crippen LogP) is 1.11. The molecule has 3 heteroatoms. The van der Waals surface area contributed by atoms with Crippen molar-refractivity contribution in [3.63, 3.8) is 0 Å². The van der Waals surface area contributed by atoms with E-state index in [-0.39, 0.29) is 6.04 Å². The Morgan fingerprint density at radius 2 is 2.42 bits per heavy atom. The summed E-state index contributed by atoms with van der Waals surface area (Å²) in [5, 5.41) is 8.86. The maximum atomic E-state index is 10.8. The van der Waals surface area contributed by atoms with Gasteiger partial charge in [0.1, 0.15) is 6.04 Å². The van der Waals surface area contributed by atoms with Crippen LogP contribution in [0.4, 0.5) is 0 Å². The number of nitrogens with zero attached hydrogens (tertiary/aromatic N) is 1. The minimum absolute atomic E-state index is 0.281. The van der Waals surface area contributed by atoms with E-state index in [1.54, 1.807) is 6.08 Å². The fourth-order valence-corrected chi connectivity index (χ4v) is 1.66. The maximum absolute atomic E-state index is 10.8. The molecule has 1 rings (SSSR count). The highest BCUT2D eigenvalue weighted by atomic mass is 16.4. The van der Waals surface area contributed by atoms with Crippen LogP contribution in [0.25, 0.3) is 0 Å². The van der Waals surface area contributed by atoms with Crippen LogP contribution in [0.3, 0.4) is 0 Å². The second-order valence-corrected chi connectivity index (χ2v) is 3.13. The minimum atomic E-state index is -0.698. The van der Waals surface area contributed by atoms with Gasteiger partial charge in [-0.05, 0) is 19.4 Å². The molecule has 12 heavy (non-hydrogen) atoms. The lowest BCUT2D eigenvalue weighted by atomic mass is 10.0. The van der Waals surface area contributed by atoms with E-state index < -0.39 is 5.97 Å². The van der Waals surface area contributed by atoms with Gasteiger partial charge in [0.2, 0.25) is 0 Å². The zero-order valence-electron chi connectivity index (χ0n) is 7.20. The molecule has 1 heterocycles. The van der Waals surface area contributed by atoms with E-state index in [1.807, 2.05) is 4.90 Å². The van der Waals surface area contributed by atoms with Gasteiger partial charge in [0.25, 0.3) is 0 Å². The summed E-state index contributed by atoms with van der Waals surface area (Å²) < 4.78 is 0. The zero-order chi connectivity index (χ0) is 8.97. The predicted molar refractivity (Wildman–Crippen MR) is 47.0 cm³/mol. The summed E-state index contributed by atoms with van der Waals surface area (Å²) in [6, 6.07) is -0.281. The van der Waals surface area contributed by atoms with Crippen molar-refractivity contribution in [2.45, 2.75) is 25.3 Å². The molecule has 1 saturated heterocycles. The molecule has 1 N–H and O–H groups in total. The summed E-state index contributed by atoms with van der Waals surface area (Å²) in [6.07, 6.45) is 4.69. The van der Waals surface area contributed by atoms with Gasteiger partial charge in [-0.1, -0.05) is 12.5 Å². The molecule has 0 aromatic carbocycles. The number of hydrogen-bond donors (Lipinski definition) is 1. The Bertz CT molecular complexity index is 179. The zero-order valence-corrected chi connectivity index (χ0v) is 7.20. The molecule has 1 aliphatic rings. The van der Waals surface area contributed by atoms with E-state index in [9.17, 15) is 4.79 Å². The highest BCUT2D eigenvalue weighted by molar-refractivity contribution is 5.73. The number of rotatable bonds is 3. The quantitative estimate of drug-likeness (QED) is 0.643. The van der Waals surface area contributed by atoms with Crippen LogP contribution in [-0.2, 0) is 4.79 Å². The molecule has 0 aromatic heterocycles. The largest absolute Gasteiger partial charge is 0.480 e. The van der Waals surface area contributed by atoms with E-state index in [4.69, 9.17) is 5.11 Å². The first-order valence-electron chi connectivity index (χ1n) is 4.33. The van der Waals surface area contributed by atoms with Crippen LogP contribution in [0.1, 0.15) is 19.3 Å². The number of carboxylic acids is 1. The minimum Gasteiger partial charge on any atom is -0.480 e. The summed E-state index contributed by atoms with van der Waals surface area (Å²) in [4.78, 5) is 12.7. The van der Waals surface area contributed by atoms with Crippen LogP contribution in [0, 0.1) is 0 Å². The van der Waals surface area contributed by atoms with Crippen molar-refractivity contribution < 1.29 is 9.90 Å². The van der Waals surface area contributed by atoms with Crippen molar-refractivity contribution in [1.29, 1.82) is 0 Å². The summed E-state index contributed by atoms with van der Waals surface area (Å²) in [5.74, 6) is -0.698. The molecular weight excluding hydrogens is 154 g/mol. The highest BCUT2D eigenvalue weighted by Gasteiger charge is 2.26. The van der Waals surface area contributed by atoms with Gasteiger partial charge in [0.05, 0.1) is 0 Å². The van der Waals surface area contributed by atoms with Crippen molar-refractivity contribution in [2.24, 2.45) is 0 Å². The smallest absolute Gasteiger partial charge is 0.320 e. The second-order valence-electron chi connectivity index (χ2n) is 3.13. The van der Waals surface area contributed by atoms with Crippen LogP contribution in [-0.4, -0.2) is 35.1 Å². The molecule has 3 nitrogen and oxygen atoms in total. The molecular formula is C9H15NO2. The fraction of sp³-hybridized carbons (Fsp3) is 0.667. The average Bonchev–Trinajstić information content (AvgIpc) is 2.05.